The van der Waals surface area contributed by atoms with Crippen LogP contribution in [0.1, 0.15) is 10.4 Å². The minimum atomic E-state index is -0.0260. The fourth-order valence-corrected chi connectivity index (χ4v) is 2.17. The first-order valence-electron chi connectivity index (χ1n) is 6.43. The molecule has 1 amide bonds. The van der Waals surface area contributed by atoms with E-state index in [-0.39, 0.29) is 5.91 Å². The van der Waals surface area contributed by atoms with Crippen molar-refractivity contribution in [3.05, 3.63) is 72.4 Å². The van der Waals surface area contributed by atoms with Gasteiger partial charge in [0.05, 0.1) is 5.52 Å². The van der Waals surface area contributed by atoms with Gasteiger partial charge in [0.15, 0.2) is 0 Å². The molecule has 0 aliphatic heterocycles. The molecule has 98 valence electrons. The van der Waals surface area contributed by atoms with Gasteiger partial charge in [-0.1, -0.05) is 24.3 Å². The Hall–Kier alpha value is -2.68. The van der Waals surface area contributed by atoms with Crippen molar-refractivity contribution in [3.8, 4) is 0 Å². The molecule has 2 aromatic carbocycles. The van der Waals surface area contributed by atoms with Crippen molar-refractivity contribution in [3.63, 3.8) is 0 Å². The number of rotatable bonds is 2. The second-order valence-electron chi connectivity index (χ2n) is 4.61. The van der Waals surface area contributed by atoms with Gasteiger partial charge < -0.3 is 4.90 Å². The average Bonchev–Trinajstić information content (AvgIpc) is 2.54. The van der Waals surface area contributed by atoms with Crippen molar-refractivity contribution in [2.45, 2.75) is 0 Å². The number of carbonyl (C=O) groups excluding carboxylic acids is 1. The molecule has 0 saturated carbocycles. The van der Waals surface area contributed by atoms with Crippen molar-refractivity contribution in [1.82, 2.24) is 4.98 Å². The zero-order valence-corrected chi connectivity index (χ0v) is 11.2. The number of fused-ring (bicyclic) bond motifs is 1. The summed E-state index contributed by atoms with van der Waals surface area (Å²) < 4.78 is 0. The minimum Gasteiger partial charge on any atom is -0.311 e. The van der Waals surface area contributed by atoms with Gasteiger partial charge in [0.25, 0.3) is 5.91 Å². The van der Waals surface area contributed by atoms with Crippen molar-refractivity contribution in [2.75, 3.05) is 11.9 Å². The maximum Gasteiger partial charge on any atom is 0.258 e. The highest BCUT2D eigenvalue weighted by atomic mass is 16.2. The summed E-state index contributed by atoms with van der Waals surface area (Å²) in [5.74, 6) is -0.0260. The van der Waals surface area contributed by atoms with Crippen LogP contribution in [0.2, 0.25) is 0 Å². The summed E-state index contributed by atoms with van der Waals surface area (Å²) in [7, 11) is 1.78. The highest BCUT2D eigenvalue weighted by Gasteiger charge is 2.13. The van der Waals surface area contributed by atoms with Crippen LogP contribution in [-0.2, 0) is 0 Å². The topological polar surface area (TPSA) is 33.2 Å². The maximum absolute atomic E-state index is 12.5. The Balaban J connectivity index is 1.96. The second-order valence-corrected chi connectivity index (χ2v) is 4.61. The molecule has 0 aliphatic rings. The van der Waals surface area contributed by atoms with Gasteiger partial charge >= 0.3 is 0 Å². The van der Waals surface area contributed by atoms with Crippen molar-refractivity contribution in [1.29, 1.82) is 0 Å². The van der Waals surface area contributed by atoms with E-state index in [9.17, 15) is 4.79 Å². The molecule has 1 aromatic heterocycles. The molecule has 20 heavy (non-hydrogen) atoms. The van der Waals surface area contributed by atoms with E-state index in [1.54, 1.807) is 18.1 Å². The number of benzene rings is 2. The Bertz CT molecular complexity index is 753. The lowest BCUT2D eigenvalue weighted by Gasteiger charge is -2.17. The molecule has 0 bridgehead atoms. The zero-order chi connectivity index (χ0) is 13.9. The summed E-state index contributed by atoms with van der Waals surface area (Å²) >= 11 is 0. The molecule has 0 radical (unpaired) electrons. The van der Waals surface area contributed by atoms with E-state index in [2.05, 4.69) is 4.98 Å². The van der Waals surface area contributed by atoms with Crippen LogP contribution in [0.25, 0.3) is 10.9 Å². The van der Waals surface area contributed by atoms with E-state index < -0.39 is 0 Å². The molecule has 0 aliphatic carbocycles. The highest BCUT2D eigenvalue weighted by Crippen LogP contribution is 2.18. The standard InChI is InChI=1S/C17H14N2O/c1-19(15-7-3-2-4-8-15)17(20)14-9-10-16-13(12-14)6-5-11-18-16/h2-12H,1H3. The zero-order valence-electron chi connectivity index (χ0n) is 11.2. The third kappa shape index (κ3) is 2.26. The number of hydrogen-bond donors (Lipinski definition) is 0. The quantitative estimate of drug-likeness (QED) is 0.708. The molecule has 0 spiro atoms. The molecule has 0 N–H and O–H groups in total. The molecule has 3 rings (SSSR count). The summed E-state index contributed by atoms with van der Waals surface area (Å²) in [6, 6.07) is 19.0. The van der Waals surface area contributed by atoms with E-state index in [1.807, 2.05) is 60.7 Å². The summed E-state index contributed by atoms with van der Waals surface area (Å²) in [6.45, 7) is 0. The fraction of sp³-hybridized carbons (Fsp3) is 0.0588. The van der Waals surface area contributed by atoms with Crippen LogP contribution in [0, 0.1) is 0 Å². The van der Waals surface area contributed by atoms with E-state index in [0.29, 0.717) is 5.56 Å². The summed E-state index contributed by atoms with van der Waals surface area (Å²) in [5, 5.41) is 0.972. The second kappa shape index (κ2) is 5.13. The first kappa shape index (κ1) is 12.4. The molecule has 3 aromatic rings. The van der Waals surface area contributed by atoms with Gasteiger partial charge in [0.1, 0.15) is 0 Å². The Morgan fingerprint density at radius 2 is 1.80 bits per heavy atom. The van der Waals surface area contributed by atoms with Gasteiger partial charge in [-0.3, -0.25) is 9.78 Å². The molecule has 0 saturated heterocycles. The largest absolute Gasteiger partial charge is 0.311 e. The maximum atomic E-state index is 12.5. The summed E-state index contributed by atoms with van der Waals surface area (Å²) in [4.78, 5) is 18.4. The minimum absolute atomic E-state index is 0.0260. The number of carbonyl (C=O) groups is 1. The molecule has 0 atom stereocenters. The Morgan fingerprint density at radius 1 is 1.00 bits per heavy atom. The summed E-state index contributed by atoms with van der Waals surface area (Å²) in [6.07, 6.45) is 1.75. The first-order chi connectivity index (χ1) is 9.75. The predicted octanol–water partition coefficient (Wildman–Crippen LogP) is 3.51. The number of para-hydroxylation sites is 1. The lowest BCUT2D eigenvalue weighted by atomic mass is 10.1. The van der Waals surface area contributed by atoms with Gasteiger partial charge in [0.2, 0.25) is 0 Å². The third-order valence-corrected chi connectivity index (χ3v) is 3.30. The van der Waals surface area contributed by atoms with E-state index in [4.69, 9.17) is 0 Å². The fourth-order valence-electron chi connectivity index (χ4n) is 2.17. The number of nitrogens with zero attached hydrogens (tertiary/aromatic N) is 2. The summed E-state index contributed by atoms with van der Waals surface area (Å²) in [5.41, 5.74) is 2.44. The van der Waals surface area contributed by atoms with Crippen molar-refractivity contribution >= 4 is 22.5 Å². The predicted molar refractivity (Wildman–Crippen MR) is 80.9 cm³/mol. The Morgan fingerprint density at radius 3 is 2.60 bits per heavy atom. The molecule has 3 heteroatoms. The Kier molecular flexibility index (Phi) is 3.17. The van der Waals surface area contributed by atoms with Gasteiger partial charge in [-0.2, -0.15) is 0 Å². The van der Waals surface area contributed by atoms with Crippen LogP contribution in [0.15, 0.2) is 66.9 Å². The van der Waals surface area contributed by atoms with Gasteiger partial charge in [0, 0.05) is 29.9 Å². The number of aromatic nitrogens is 1. The molecule has 0 unspecified atom stereocenters. The average molecular weight is 262 g/mol. The number of amides is 1. The van der Waals surface area contributed by atoms with Crippen LogP contribution in [0.4, 0.5) is 5.69 Å². The van der Waals surface area contributed by atoms with Crippen LogP contribution < -0.4 is 4.90 Å². The van der Waals surface area contributed by atoms with Gasteiger partial charge in [-0.15, -0.1) is 0 Å². The molecule has 0 fully saturated rings. The van der Waals surface area contributed by atoms with Crippen LogP contribution in [-0.4, -0.2) is 17.9 Å². The number of anilines is 1. The Labute approximate surface area is 117 Å². The molecule has 1 heterocycles. The smallest absolute Gasteiger partial charge is 0.258 e. The van der Waals surface area contributed by atoms with Crippen molar-refractivity contribution in [2.24, 2.45) is 0 Å². The van der Waals surface area contributed by atoms with Crippen LogP contribution >= 0.6 is 0 Å². The third-order valence-electron chi connectivity index (χ3n) is 3.30. The molecule has 3 nitrogen and oxygen atoms in total. The van der Waals surface area contributed by atoms with E-state index in [0.717, 1.165) is 16.6 Å². The molecular weight excluding hydrogens is 248 g/mol. The van der Waals surface area contributed by atoms with Crippen molar-refractivity contribution < 1.29 is 4.79 Å². The normalized spacial score (nSPS) is 10.4. The molecular formula is C17H14N2O. The van der Waals surface area contributed by atoms with Gasteiger partial charge in [-0.25, -0.2) is 0 Å². The van der Waals surface area contributed by atoms with Gasteiger partial charge in [-0.05, 0) is 36.4 Å². The monoisotopic (exact) mass is 262 g/mol. The number of pyridine rings is 1. The lowest BCUT2D eigenvalue weighted by molar-refractivity contribution is 0.0993. The lowest BCUT2D eigenvalue weighted by Crippen LogP contribution is -2.26. The van der Waals surface area contributed by atoms with E-state index in [1.165, 1.54) is 0 Å². The van der Waals surface area contributed by atoms with Crippen LogP contribution in [0.3, 0.4) is 0 Å². The number of hydrogen-bond acceptors (Lipinski definition) is 2. The SMILES string of the molecule is CN(C(=O)c1ccc2ncccc2c1)c1ccccc1. The van der Waals surface area contributed by atoms with E-state index >= 15 is 0 Å². The highest BCUT2D eigenvalue weighted by molar-refractivity contribution is 6.07. The first-order valence-corrected chi connectivity index (χ1v) is 6.43. The van der Waals surface area contributed by atoms with Crippen LogP contribution in [0.5, 0.6) is 0 Å².